The van der Waals surface area contributed by atoms with Crippen LogP contribution < -0.4 is 10.6 Å². The molecular formula is C16H15ClF2N2O2. The van der Waals surface area contributed by atoms with Crippen LogP contribution in [0.3, 0.4) is 0 Å². The molecule has 0 saturated carbocycles. The molecule has 2 aromatic rings. The van der Waals surface area contributed by atoms with E-state index in [2.05, 4.69) is 10.6 Å². The van der Waals surface area contributed by atoms with Gasteiger partial charge in [0.2, 0.25) is 0 Å². The van der Waals surface area contributed by atoms with Gasteiger partial charge in [-0.3, -0.25) is 0 Å². The Bertz CT molecular complexity index is 725. The van der Waals surface area contributed by atoms with Crippen molar-refractivity contribution in [3.05, 3.63) is 64.2 Å². The third kappa shape index (κ3) is 4.64. The maximum Gasteiger partial charge on any atom is 0.319 e. The summed E-state index contributed by atoms with van der Waals surface area (Å²) in [6.07, 6.45) is -1.29. The maximum atomic E-state index is 13.5. The molecular weight excluding hydrogens is 326 g/mol. The molecule has 0 bridgehead atoms. The number of rotatable bonds is 4. The Kier molecular flexibility index (Phi) is 5.52. The molecule has 2 amide bonds. The Morgan fingerprint density at radius 2 is 2.00 bits per heavy atom. The number of nitrogens with one attached hydrogen (secondary N) is 2. The lowest BCUT2D eigenvalue weighted by atomic mass is 10.1. The number of benzene rings is 2. The number of anilines is 1. The van der Waals surface area contributed by atoms with Crippen LogP contribution in [0.5, 0.6) is 0 Å². The van der Waals surface area contributed by atoms with Crippen LogP contribution in [0.15, 0.2) is 36.4 Å². The van der Waals surface area contributed by atoms with Crippen LogP contribution >= 0.6 is 11.6 Å². The van der Waals surface area contributed by atoms with Crippen LogP contribution in [-0.4, -0.2) is 17.7 Å². The maximum absolute atomic E-state index is 13.5. The van der Waals surface area contributed by atoms with Crippen LogP contribution in [0, 0.1) is 18.6 Å². The van der Waals surface area contributed by atoms with Gasteiger partial charge in [0.25, 0.3) is 0 Å². The summed E-state index contributed by atoms with van der Waals surface area (Å²) in [5, 5.41) is 15.3. The summed E-state index contributed by atoms with van der Waals surface area (Å²) in [5.41, 5.74) is 1.25. The lowest BCUT2D eigenvalue weighted by Crippen LogP contribution is -2.32. The van der Waals surface area contributed by atoms with Gasteiger partial charge in [-0.2, -0.15) is 0 Å². The topological polar surface area (TPSA) is 61.4 Å². The zero-order chi connectivity index (χ0) is 17.0. The average molecular weight is 341 g/mol. The number of hydrogen-bond donors (Lipinski definition) is 3. The van der Waals surface area contributed by atoms with Crippen LogP contribution in [0.1, 0.15) is 17.2 Å². The second-order valence-corrected chi connectivity index (χ2v) is 5.41. The van der Waals surface area contributed by atoms with E-state index in [9.17, 15) is 18.7 Å². The molecule has 0 radical (unpaired) electrons. The Morgan fingerprint density at radius 1 is 1.26 bits per heavy atom. The monoisotopic (exact) mass is 340 g/mol. The summed E-state index contributed by atoms with van der Waals surface area (Å²) in [6, 6.07) is 7.31. The van der Waals surface area contributed by atoms with Gasteiger partial charge >= 0.3 is 6.03 Å². The Balaban J connectivity index is 1.94. The van der Waals surface area contributed by atoms with Gasteiger partial charge in [-0.15, -0.1) is 0 Å². The van der Waals surface area contributed by atoms with Gasteiger partial charge in [0.15, 0.2) is 0 Å². The first-order chi connectivity index (χ1) is 10.9. The fourth-order valence-corrected chi connectivity index (χ4v) is 2.14. The number of urea groups is 1. The SMILES string of the molecule is Cc1ccc(Cl)cc1NC(=O)NCC(O)c1ccc(F)cc1F. The number of amides is 2. The standard InChI is InChI=1S/C16H15ClF2N2O2/c1-9-2-3-10(17)6-14(9)21-16(23)20-8-15(22)12-5-4-11(18)7-13(12)19/h2-7,15,22H,8H2,1H3,(H2,20,21,23). The van der Waals surface area contributed by atoms with E-state index in [1.54, 1.807) is 25.1 Å². The third-order valence-corrected chi connectivity index (χ3v) is 3.46. The fraction of sp³-hybridized carbons (Fsp3) is 0.188. The fourth-order valence-electron chi connectivity index (χ4n) is 1.97. The summed E-state index contributed by atoms with van der Waals surface area (Å²) < 4.78 is 26.4. The first-order valence-corrected chi connectivity index (χ1v) is 7.18. The molecule has 0 heterocycles. The highest BCUT2D eigenvalue weighted by molar-refractivity contribution is 6.31. The molecule has 4 nitrogen and oxygen atoms in total. The van der Waals surface area contributed by atoms with Gasteiger partial charge in [0.05, 0.1) is 6.10 Å². The van der Waals surface area contributed by atoms with Crippen molar-refractivity contribution in [3.8, 4) is 0 Å². The molecule has 7 heteroatoms. The van der Waals surface area contributed by atoms with Gasteiger partial charge in [0, 0.05) is 28.9 Å². The van der Waals surface area contributed by atoms with E-state index < -0.39 is 23.8 Å². The van der Waals surface area contributed by atoms with Crippen molar-refractivity contribution in [3.63, 3.8) is 0 Å². The minimum Gasteiger partial charge on any atom is -0.386 e. The molecule has 0 aliphatic rings. The van der Waals surface area contributed by atoms with E-state index in [-0.39, 0.29) is 12.1 Å². The molecule has 23 heavy (non-hydrogen) atoms. The molecule has 0 aliphatic carbocycles. The zero-order valence-corrected chi connectivity index (χ0v) is 13.0. The molecule has 0 aromatic heterocycles. The molecule has 0 spiro atoms. The van der Waals surface area contributed by atoms with E-state index >= 15 is 0 Å². The van der Waals surface area contributed by atoms with Gasteiger partial charge in [-0.05, 0) is 30.7 Å². The number of halogens is 3. The van der Waals surface area contributed by atoms with E-state index in [1.807, 2.05) is 0 Å². The van der Waals surface area contributed by atoms with Crippen molar-refractivity contribution in [2.24, 2.45) is 0 Å². The third-order valence-electron chi connectivity index (χ3n) is 3.23. The Morgan fingerprint density at radius 3 is 2.70 bits per heavy atom. The van der Waals surface area contributed by atoms with Gasteiger partial charge in [-0.1, -0.05) is 23.7 Å². The van der Waals surface area contributed by atoms with Crippen LogP contribution in [-0.2, 0) is 0 Å². The molecule has 1 unspecified atom stereocenters. The second-order valence-electron chi connectivity index (χ2n) is 4.98. The van der Waals surface area contributed by atoms with Crippen LogP contribution in [0.4, 0.5) is 19.3 Å². The van der Waals surface area contributed by atoms with Gasteiger partial charge in [0.1, 0.15) is 11.6 Å². The number of aliphatic hydroxyl groups is 1. The highest BCUT2D eigenvalue weighted by Crippen LogP contribution is 2.20. The zero-order valence-electron chi connectivity index (χ0n) is 12.2. The Hall–Kier alpha value is -2.18. The van der Waals surface area contributed by atoms with Crippen molar-refractivity contribution in [1.82, 2.24) is 5.32 Å². The highest BCUT2D eigenvalue weighted by atomic mass is 35.5. The first kappa shape index (κ1) is 17.2. The minimum atomic E-state index is -1.29. The molecule has 0 fully saturated rings. The molecule has 2 rings (SSSR count). The summed E-state index contributed by atoms with van der Waals surface area (Å²) in [6.45, 7) is 1.57. The number of hydrogen-bond acceptors (Lipinski definition) is 2. The van der Waals surface area contributed by atoms with Crippen molar-refractivity contribution in [1.29, 1.82) is 0 Å². The molecule has 0 aliphatic heterocycles. The van der Waals surface area contributed by atoms with Crippen molar-refractivity contribution >= 4 is 23.3 Å². The predicted octanol–water partition coefficient (Wildman–Crippen LogP) is 3.78. The summed E-state index contributed by atoms with van der Waals surface area (Å²) in [7, 11) is 0. The van der Waals surface area contributed by atoms with Gasteiger partial charge in [-0.25, -0.2) is 13.6 Å². The molecule has 1 atom stereocenters. The Labute approximate surface area is 137 Å². The number of aryl methyl sites for hydroxylation is 1. The van der Waals surface area contributed by atoms with E-state index in [0.29, 0.717) is 16.8 Å². The first-order valence-electron chi connectivity index (χ1n) is 6.81. The summed E-state index contributed by atoms with van der Waals surface area (Å²) in [5.74, 6) is -1.61. The molecule has 122 valence electrons. The second kappa shape index (κ2) is 7.39. The average Bonchev–Trinajstić information content (AvgIpc) is 2.48. The number of aliphatic hydroxyl groups excluding tert-OH is 1. The van der Waals surface area contributed by atoms with Crippen LogP contribution in [0.25, 0.3) is 0 Å². The normalized spacial score (nSPS) is 11.9. The largest absolute Gasteiger partial charge is 0.386 e. The van der Waals surface area contributed by atoms with Crippen LogP contribution in [0.2, 0.25) is 5.02 Å². The minimum absolute atomic E-state index is 0.0920. The number of carbonyl (C=O) groups is 1. The summed E-state index contributed by atoms with van der Waals surface area (Å²) in [4.78, 5) is 11.8. The molecule has 0 saturated heterocycles. The molecule has 3 N–H and O–H groups in total. The predicted molar refractivity (Wildman–Crippen MR) is 84.5 cm³/mol. The number of carbonyl (C=O) groups excluding carboxylic acids is 1. The lowest BCUT2D eigenvalue weighted by Gasteiger charge is -2.14. The summed E-state index contributed by atoms with van der Waals surface area (Å²) >= 11 is 5.85. The highest BCUT2D eigenvalue weighted by Gasteiger charge is 2.15. The smallest absolute Gasteiger partial charge is 0.319 e. The van der Waals surface area contributed by atoms with Gasteiger partial charge < -0.3 is 15.7 Å². The van der Waals surface area contributed by atoms with Crippen molar-refractivity contribution in [2.75, 3.05) is 11.9 Å². The van der Waals surface area contributed by atoms with E-state index in [0.717, 1.165) is 17.7 Å². The van der Waals surface area contributed by atoms with Crippen molar-refractivity contribution < 1.29 is 18.7 Å². The lowest BCUT2D eigenvalue weighted by molar-refractivity contribution is 0.170. The van der Waals surface area contributed by atoms with E-state index in [1.165, 1.54) is 0 Å². The molecule has 2 aromatic carbocycles. The van der Waals surface area contributed by atoms with E-state index in [4.69, 9.17) is 11.6 Å². The quantitative estimate of drug-likeness (QED) is 0.793. The van der Waals surface area contributed by atoms with Crippen molar-refractivity contribution in [2.45, 2.75) is 13.0 Å².